The summed E-state index contributed by atoms with van der Waals surface area (Å²) in [5.41, 5.74) is 0.796. The molecule has 108 valence electrons. The number of carbonyl (C=O) groups is 2. The highest BCUT2D eigenvalue weighted by Crippen LogP contribution is 2.22. The molecule has 0 aliphatic carbocycles. The smallest absolute Gasteiger partial charge is 0.339 e. The second kappa shape index (κ2) is 5.96. The molecule has 0 aliphatic rings. The monoisotopic (exact) mass is 287 g/mol. The number of hydrogen-bond acceptors (Lipinski definition) is 4. The minimum Gasteiger partial charge on any atom is -0.508 e. The van der Waals surface area contributed by atoms with E-state index in [4.69, 9.17) is 10.2 Å². The standard InChI is InChI=1S/C15H13NO5/c17-11-4-1-9(2-5-11)7-14(19)16-10-3-6-12(15(20)21)13(18)8-10/h1-6,8,17-18H,7H2,(H,16,19)(H,20,21). The van der Waals surface area contributed by atoms with Gasteiger partial charge in [-0.3, -0.25) is 4.79 Å². The number of benzene rings is 2. The van der Waals surface area contributed by atoms with Crippen LogP contribution in [0.3, 0.4) is 0 Å². The molecule has 0 saturated carbocycles. The second-order valence-corrected chi connectivity index (χ2v) is 4.43. The number of amides is 1. The van der Waals surface area contributed by atoms with Crippen LogP contribution in [-0.4, -0.2) is 27.2 Å². The summed E-state index contributed by atoms with van der Waals surface area (Å²) < 4.78 is 0. The van der Waals surface area contributed by atoms with E-state index in [0.717, 1.165) is 5.56 Å². The zero-order chi connectivity index (χ0) is 15.4. The van der Waals surface area contributed by atoms with E-state index >= 15 is 0 Å². The zero-order valence-electron chi connectivity index (χ0n) is 10.9. The van der Waals surface area contributed by atoms with Crippen LogP contribution < -0.4 is 5.32 Å². The molecule has 4 N–H and O–H groups in total. The molecule has 2 rings (SSSR count). The summed E-state index contributed by atoms with van der Waals surface area (Å²) in [6, 6.07) is 10.0. The minimum atomic E-state index is -1.24. The Balaban J connectivity index is 2.04. The first-order chi connectivity index (χ1) is 9.95. The van der Waals surface area contributed by atoms with Crippen molar-refractivity contribution in [2.24, 2.45) is 0 Å². The Bertz CT molecular complexity index is 679. The molecule has 0 fully saturated rings. The van der Waals surface area contributed by atoms with Crippen LogP contribution in [0.5, 0.6) is 11.5 Å². The molecule has 6 nitrogen and oxygen atoms in total. The van der Waals surface area contributed by atoms with Gasteiger partial charge < -0.3 is 20.6 Å². The summed E-state index contributed by atoms with van der Waals surface area (Å²) in [7, 11) is 0. The van der Waals surface area contributed by atoms with Crippen molar-refractivity contribution < 1.29 is 24.9 Å². The highest BCUT2D eigenvalue weighted by Gasteiger charge is 2.11. The Morgan fingerprint density at radius 2 is 1.67 bits per heavy atom. The van der Waals surface area contributed by atoms with Crippen LogP contribution in [0, 0.1) is 0 Å². The first-order valence-corrected chi connectivity index (χ1v) is 6.10. The third kappa shape index (κ3) is 3.73. The van der Waals surface area contributed by atoms with Crippen molar-refractivity contribution >= 4 is 17.6 Å². The average molecular weight is 287 g/mol. The average Bonchev–Trinajstić information content (AvgIpc) is 2.41. The van der Waals surface area contributed by atoms with Crippen LogP contribution in [0.15, 0.2) is 42.5 Å². The van der Waals surface area contributed by atoms with Gasteiger partial charge in [0, 0.05) is 11.8 Å². The van der Waals surface area contributed by atoms with Crippen molar-refractivity contribution in [3.63, 3.8) is 0 Å². The third-order valence-corrected chi connectivity index (χ3v) is 2.81. The van der Waals surface area contributed by atoms with Crippen LogP contribution in [0.1, 0.15) is 15.9 Å². The topological polar surface area (TPSA) is 107 Å². The Labute approximate surface area is 120 Å². The van der Waals surface area contributed by atoms with Crippen molar-refractivity contribution in [3.8, 4) is 11.5 Å². The first-order valence-electron chi connectivity index (χ1n) is 6.10. The molecule has 0 saturated heterocycles. The molecular formula is C15H13NO5. The van der Waals surface area contributed by atoms with Gasteiger partial charge in [0.05, 0.1) is 6.42 Å². The fraction of sp³-hybridized carbons (Fsp3) is 0.0667. The van der Waals surface area contributed by atoms with Crippen LogP contribution in [0.25, 0.3) is 0 Å². The Morgan fingerprint density at radius 3 is 2.24 bits per heavy atom. The molecule has 21 heavy (non-hydrogen) atoms. The highest BCUT2D eigenvalue weighted by molar-refractivity contribution is 5.95. The van der Waals surface area contributed by atoms with E-state index in [1.54, 1.807) is 12.1 Å². The molecular weight excluding hydrogens is 274 g/mol. The molecule has 0 aliphatic heterocycles. The number of carboxylic acid groups (broad SMARTS) is 1. The molecule has 1 amide bonds. The third-order valence-electron chi connectivity index (χ3n) is 2.81. The predicted octanol–water partition coefficient (Wildman–Crippen LogP) is 1.98. The van der Waals surface area contributed by atoms with Gasteiger partial charge in [0.1, 0.15) is 17.1 Å². The van der Waals surface area contributed by atoms with Crippen molar-refractivity contribution in [1.29, 1.82) is 0 Å². The molecule has 0 bridgehead atoms. The van der Waals surface area contributed by atoms with Crippen molar-refractivity contribution in [2.75, 3.05) is 5.32 Å². The number of phenolic OH excluding ortho intramolecular Hbond substituents is 1. The number of carbonyl (C=O) groups excluding carboxylic acids is 1. The molecule has 0 spiro atoms. The SMILES string of the molecule is O=C(Cc1ccc(O)cc1)Nc1ccc(C(=O)O)c(O)c1. The van der Waals surface area contributed by atoms with E-state index in [0.29, 0.717) is 5.69 Å². The predicted molar refractivity (Wildman–Crippen MR) is 75.5 cm³/mol. The van der Waals surface area contributed by atoms with Crippen molar-refractivity contribution in [1.82, 2.24) is 0 Å². The van der Waals surface area contributed by atoms with Gasteiger partial charge in [0.15, 0.2) is 0 Å². The number of anilines is 1. The Kier molecular flexibility index (Phi) is 4.08. The Hall–Kier alpha value is -3.02. The number of carboxylic acids is 1. The number of nitrogens with one attached hydrogen (secondary N) is 1. The van der Waals surface area contributed by atoms with E-state index < -0.39 is 11.7 Å². The molecule has 2 aromatic rings. The number of hydrogen-bond donors (Lipinski definition) is 4. The van der Waals surface area contributed by atoms with Crippen molar-refractivity contribution in [2.45, 2.75) is 6.42 Å². The summed E-state index contributed by atoms with van der Waals surface area (Å²) >= 11 is 0. The van der Waals surface area contributed by atoms with E-state index in [-0.39, 0.29) is 23.6 Å². The van der Waals surface area contributed by atoms with E-state index in [1.165, 1.54) is 30.3 Å². The molecule has 0 atom stereocenters. The van der Waals surface area contributed by atoms with Gasteiger partial charge in [-0.25, -0.2) is 4.79 Å². The van der Waals surface area contributed by atoms with Crippen LogP contribution in [0.4, 0.5) is 5.69 Å². The van der Waals surface area contributed by atoms with Gasteiger partial charge in [-0.15, -0.1) is 0 Å². The van der Waals surface area contributed by atoms with Gasteiger partial charge in [-0.05, 0) is 29.8 Å². The summed E-state index contributed by atoms with van der Waals surface area (Å²) in [4.78, 5) is 22.6. The first kappa shape index (κ1) is 14.4. The molecule has 2 aromatic carbocycles. The van der Waals surface area contributed by atoms with Gasteiger partial charge in [-0.1, -0.05) is 12.1 Å². The highest BCUT2D eigenvalue weighted by atomic mass is 16.4. The molecule has 0 unspecified atom stereocenters. The lowest BCUT2D eigenvalue weighted by molar-refractivity contribution is -0.115. The molecule has 0 aromatic heterocycles. The number of rotatable bonds is 4. The maximum absolute atomic E-state index is 11.8. The number of aromatic hydroxyl groups is 2. The maximum atomic E-state index is 11.8. The molecule has 6 heteroatoms. The normalized spacial score (nSPS) is 10.1. The Morgan fingerprint density at radius 1 is 1.00 bits per heavy atom. The van der Waals surface area contributed by atoms with Crippen LogP contribution >= 0.6 is 0 Å². The summed E-state index contributed by atoms with van der Waals surface area (Å²) in [6.07, 6.45) is 0.0989. The summed E-state index contributed by atoms with van der Waals surface area (Å²) in [6.45, 7) is 0. The fourth-order valence-corrected chi connectivity index (χ4v) is 1.79. The van der Waals surface area contributed by atoms with E-state index in [9.17, 15) is 14.7 Å². The zero-order valence-corrected chi connectivity index (χ0v) is 10.9. The minimum absolute atomic E-state index is 0.0989. The lowest BCUT2D eigenvalue weighted by atomic mass is 10.1. The summed E-state index contributed by atoms with van der Waals surface area (Å²) in [5, 5.41) is 30.0. The number of aromatic carboxylic acids is 1. The maximum Gasteiger partial charge on any atom is 0.339 e. The van der Waals surface area contributed by atoms with Gasteiger partial charge >= 0.3 is 5.97 Å². The quantitative estimate of drug-likeness (QED) is 0.688. The van der Waals surface area contributed by atoms with E-state index in [2.05, 4.69) is 5.32 Å². The summed E-state index contributed by atoms with van der Waals surface area (Å²) in [5.74, 6) is -1.85. The van der Waals surface area contributed by atoms with Crippen LogP contribution in [-0.2, 0) is 11.2 Å². The van der Waals surface area contributed by atoms with Crippen molar-refractivity contribution in [3.05, 3.63) is 53.6 Å². The number of phenols is 2. The van der Waals surface area contributed by atoms with Gasteiger partial charge in [-0.2, -0.15) is 0 Å². The van der Waals surface area contributed by atoms with Gasteiger partial charge in [0.2, 0.25) is 5.91 Å². The fourth-order valence-electron chi connectivity index (χ4n) is 1.79. The van der Waals surface area contributed by atoms with Gasteiger partial charge in [0.25, 0.3) is 0 Å². The molecule has 0 heterocycles. The lowest BCUT2D eigenvalue weighted by Gasteiger charge is -2.07. The largest absolute Gasteiger partial charge is 0.508 e. The van der Waals surface area contributed by atoms with E-state index in [1.807, 2.05) is 0 Å². The molecule has 0 radical (unpaired) electrons. The lowest BCUT2D eigenvalue weighted by Crippen LogP contribution is -2.14. The second-order valence-electron chi connectivity index (χ2n) is 4.43. The van der Waals surface area contributed by atoms with Crippen LogP contribution in [0.2, 0.25) is 0 Å².